The van der Waals surface area contributed by atoms with Crippen LogP contribution in [-0.4, -0.2) is 18.6 Å². The first-order chi connectivity index (χ1) is 9.22. The molecule has 1 aromatic heterocycles. The van der Waals surface area contributed by atoms with E-state index in [4.69, 9.17) is 11.6 Å². The number of rotatable bonds is 3. The van der Waals surface area contributed by atoms with Gasteiger partial charge in [-0.1, -0.05) is 17.7 Å². The van der Waals surface area contributed by atoms with Crippen molar-refractivity contribution in [1.82, 2.24) is 10.2 Å². The summed E-state index contributed by atoms with van der Waals surface area (Å²) in [6.45, 7) is 0. The molecule has 0 saturated carbocycles. The third kappa shape index (κ3) is 2.88. The average Bonchev–Trinajstić information content (AvgIpc) is 2.84. The molecule has 20 heavy (non-hydrogen) atoms. The Morgan fingerprint density at radius 2 is 1.95 bits per heavy atom. The number of nitrogens with zero attached hydrogens (tertiary/aromatic N) is 1. The number of hydrogen-bond donors (Lipinski definition) is 2. The monoisotopic (exact) mass is 325 g/mol. The fraction of sp³-hybridized carbons (Fsp3) is 0.100. The van der Waals surface area contributed by atoms with Crippen molar-refractivity contribution < 1.29 is 21.6 Å². The molecule has 0 aliphatic rings. The van der Waals surface area contributed by atoms with Crippen LogP contribution in [0.1, 0.15) is 5.56 Å². The van der Waals surface area contributed by atoms with Crippen LogP contribution in [0.2, 0.25) is 5.02 Å². The summed E-state index contributed by atoms with van der Waals surface area (Å²) < 4.78 is 64.1. The number of nitrogens with one attached hydrogen (secondary N) is 2. The number of halogens is 4. The molecule has 2 aromatic rings. The van der Waals surface area contributed by atoms with E-state index in [2.05, 4.69) is 10.2 Å². The van der Waals surface area contributed by atoms with Gasteiger partial charge in [0.2, 0.25) is 0 Å². The molecule has 108 valence electrons. The predicted octanol–water partition coefficient (Wildman–Crippen LogP) is 2.88. The van der Waals surface area contributed by atoms with Gasteiger partial charge >= 0.3 is 6.18 Å². The van der Waals surface area contributed by atoms with E-state index in [-0.39, 0.29) is 10.0 Å². The van der Waals surface area contributed by atoms with Crippen molar-refractivity contribution in [2.75, 3.05) is 4.72 Å². The molecule has 0 atom stereocenters. The number of anilines is 1. The van der Waals surface area contributed by atoms with Crippen LogP contribution < -0.4 is 4.72 Å². The number of benzene rings is 1. The van der Waals surface area contributed by atoms with E-state index in [1.165, 1.54) is 0 Å². The molecule has 0 unspecified atom stereocenters. The van der Waals surface area contributed by atoms with Gasteiger partial charge in [-0.2, -0.15) is 26.7 Å². The molecular weight excluding hydrogens is 319 g/mol. The van der Waals surface area contributed by atoms with Crippen molar-refractivity contribution in [3.8, 4) is 0 Å². The first-order valence-corrected chi connectivity index (χ1v) is 6.96. The molecule has 0 fully saturated rings. The van der Waals surface area contributed by atoms with Crippen molar-refractivity contribution in [3.63, 3.8) is 0 Å². The highest BCUT2D eigenvalue weighted by atomic mass is 35.5. The smallest absolute Gasteiger partial charge is 0.276 e. The van der Waals surface area contributed by atoms with E-state index in [1.807, 2.05) is 4.72 Å². The van der Waals surface area contributed by atoms with Crippen LogP contribution in [0.3, 0.4) is 0 Å². The van der Waals surface area contributed by atoms with E-state index >= 15 is 0 Å². The molecule has 0 amide bonds. The third-order valence-electron chi connectivity index (χ3n) is 2.32. The minimum atomic E-state index is -4.74. The van der Waals surface area contributed by atoms with Gasteiger partial charge in [0, 0.05) is 0 Å². The average molecular weight is 326 g/mol. The molecule has 1 aromatic carbocycles. The zero-order valence-corrected chi connectivity index (χ0v) is 11.1. The van der Waals surface area contributed by atoms with Gasteiger partial charge in [0.1, 0.15) is 0 Å². The first-order valence-electron chi connectivity index (χ1n) is 5.10. The van der Waals surface area contributed by atoms with Crippen LogP contribution in [0, 0.1) is 0 Å². The van der Waals surface area contributed by atoms with Gasteiger partial charge in [-0.3, -0.25) is 9.82 Å². The minimum absolute atomic E-state index is 0.358. The lowest BCUT2D eigenvalue weighted by Crippen LogP contribution is -2.18. The molecule has 1 heterocycles. The Hall–Kier alpha value is -1.74. The lowest BCUT2D eigenvalue weighted by atomic mass is 10.2. The first kappa shape index (κ1) is 14.7. The Morgan fingerprint density at radius 1 is 1.25 bits per heavy atom. The highest BCUT2D eigenvalue weighted by Crippen LogP contribution is 2.39. The Kier molecular flexibility index (Phi) is 3.65. The second kappa shape index (κ2) is 4.98. The number of para-hydroxylation sites is 1. The lowest BCUT2D eigenvalue weighted by Gasteiger charge is -2.15. The summed E-state index contributed by atoms with van der Waals surface area (Å²) in [6, 6.07) is 4.07. The molecule has 10 heteroatoms. The molecule has 0 spiro atoms. The summed E-state index contributed by atoms with van der Waals surface area (Å²) in [6.07, 6.45) is -3.58. The Balaban J connectivity index is 2.50. The number of aromatic nitrogens is 2. The van der Waals surface area contributed by atoms with Crippen molar-refractivity contribution in [2.45, 2.75) is 11.2 Å². The Labute approximate surface area is 116 Å². The molecule has 0 radical (unpaired) electrons. The van der Waals surface area contributed by atoms with Gasteiger partial charge in [0.15, 0.2) is 5.03 Å². The Bertz CT molecular complexity index is 714. The lowest BCUT2D eigenvalue weighted by molar-refractivity contribution is -0.136. The van der Waals surface area contributed by atoms with E-state index in [0.29, 0.717) is 0 Å². The molecular formula is C10H7ClF3N3O2S. The summed E-state index contributed by atoms with van der Waals surface area (Å²) >= 11 is 5.65. The van der Waals surface area contributed by atoms with Crippen LogP contribution >= 0.6 is 11.6 Å². The zero-order chi connectivity index (χ0) is 15.0. The molecule has 2 rings (SSSR count). The maximum Gasteiger partial charge on any atom is 0.418 e. The van der Waals surface area contributed by atoms with Crippen LogP contribution in [0.25, 0.3) is 0 Å². The quantitative estimate of drug-likeness (QED) is 0.911. The second-order valence-electron chi connectivity index (χ2n) is 3.69. The number of alkyl halides is 3. The highest BCUT2D eigenvalue weighted by molar-refractivity contribution is 7.92. The summed E-state index contributed by atoms with van der Waals surface area (Å²) in [5.74, 6) is 0. The number of sulfonamides is 1. The summed E-state index contributed by atoms with van der Waals surface area (Å²) in [5, 5.41) is 4.85. The molecule has 0 bridgehead atoms. The van der Waals surface area contributed by atoms with Crippen LogP contribution in [0.5, 0.6) is 0 Å². The number of hydrogen-bond acceptors (Lipinski definition) is 3. The van der Waals surface area contributed by atoms with Crippen molar-refractivity contribution in [1.29, 1.82) is 0 Å². The van der Waals surface area contributed by atoms with E-state index in [1.54, 1.807) is 0 Å². The van der Waals surface area contributed by atoms with Gasteiger partial charge in [-0.15, -0.1) is 0 Å². The van der Waals surface area contributed by atoms with Crippen molar-refractivity contribution >= 4 is 27.3 Å². The van der Waals surface area contributed by atoms with Crippen LogP contribution in [0.15, 0.2) is 35.5 Å². The van der Waals surface area contributed by atoms with Gasteiger partial charge in [0.25, 0.3) is 10.0 Å². The highest BCUT2D eigenvalue weighted by Gasteiger charge is 2.35. The van der Waals surface area contributed by atoms with Crippen molar-refractivity contribution in [2.24, 2.45) is 0 Å². The van der Waals surface area contributed by atoms with Gasteiger partial charge < -0.3 is 0 Å². The van der Waals surface area contributed by atoms with E-state index in [9.17, 15) is 21.6 Å². The normalized spacial score (nSPS) is 12.4. The molecule has 2 N–H and O–H groups in total. The maximum absolute atomic E-state index is 12.8. The van der Waals surface area contributed by atoms with E-state index < -0.39 is 27.5 Å². The van der Waals surface area contributed by atoms with Gasteiger partial charge in [-0.25, -0.2) is 0 Å². The predicted molar refractivity (Wildman–Crippen MR) is 65.9 cm³/mol. The largest absolute Gasteiger partial charge is 0.418 e. The fourth-order valence-corrected chi connectivity index (χ4v) is 2.74. The summed E-state index contributed by atoms with van der Waals surface area (Å²) in [7, 11) is -4.23. The van der Waals surface area contributed by atoms with Crippen LogP contribution in [-0.2, 0) is 16.2 Å². The zero-order valence-electron chi connectivity index (χ0n) is 9.57. The summed E-state index contributed by atoms with van der Waals surface area (Å²) in [4.78, 5) is 0. The number of H-pyrrole nitrogens is 1. The van der Waals surface area contributed by atoms with Gasteiger partial charge in [0.05, 0.1) is 22.5 Å². The van der Waals surface area contributed by atoms with E-state index in [0.717, 1.165) is 30.5 Å². The topological polar surface area (TPSA) is 74.8 Å². The third-order valence-corrected chi connectivity index (χ3v) is 3.91. The molecule has 0 aliphatic carbocycles. The maximum atomic E-state index is 12.8. The second-order valence-corrected chi connectivity index (χ2v) is 5.74. The van der Waals surface area contributed by atoms with Crippen molar-refractivity contribution in [3.05, 3.63) is 41.0 Å². The minimum Gasteiger partial charge on any atom is -0.276 e. The standard InChI is InChI=1S/C10H7ClF3N3O2S/c11-7-3-1-2-6(10(12,13)14)9(7)17-20(18,19)8-4-5-15-16-8/h1-5,17H,(H,15,16). The van der Waals surface area contributed by atoms with Gasteiger partial charge in [-0.05, 0) is 18.2 Å². The molecule has 0 aliphatic heterocycles. The molecule has 0 saturated heterocycles. The number of aromatic amines is 1. The summed E-state index contributed by atoms with van der Waals surface area (Å²) in [5.41, 5.74) is -1.90. The Morgan fingerprint density at radius 3 is 2.50 bits per heavy atom. The van der Waals surface area contributed by atoms with Crippen LogP contribution in [0.4, 0.5) is 18.9 Å². The SMILES string of the molecule is O=S(=O)(Nc1c(Cl)cccc1C(F)(F)F)c1ccn[nH]1. The molecule has 5 nitrogen and oxygen atoms in total. The fourth-order valence-electron chi connectivity index (χ4n) is 1.45.